The maximum atomic E-state index is 14.0. The van der Waals surface area contributed by atoms with Crippen molar-refractivity contribution < 1.29 is 22.3 Å². The van der Waals surface area contributed by atoms with Gasteiger partial charge in [-0.15, -0.1) is 11.3 Å². The lowest BCUT2D eigenvalue weighted by atomic mass is 10.2. The summed E-state index contributed by atoms with van der Waals surface area (Å²) < 4.78 is 50.7. The van der Waals surface area contributed by atoms with Crippen LogP contribution in [-0.4, -0.2) is 22.6 Å². The minimum absolute atomic E-state index is 0.0154. The van der Waals surface area contributed by atoms with Crippen molar-refractivity contribution in [2.75, 3.05) is 18.9 Å². The topological polar surface area (TPSA) is 64.6 Å². The first-order chi connectivity index (χ1) is 10.3. The van der Waals surface area contributed by atoms with E-state index in [2.05, 4.69) is 4.72 Å². The summed E-state index contributed by atoms with van der Waals surface area (Å²) in [7, 11) is -1.39. The summed E-state index contributed by atoms with van der Waals surface area (Å²) >= 11 is 12.4. The summed E-state index contributed by atoms with van der Waals surface area (Å²) in [6.45, 7) is 0. The molecule has 1 aromatic heterocycles. The highest BCUT2D eigenvalue weighted by Gasteiger charge is 2.23. The number of ether oxygens (including phenoxy) is 2. The Morgan fingerprint density at radius 2 is 1.73 bits per heavy atom. The first kappa shape index (κ1) is 17.1. The highest BCUT2D eigenvalue weighted by atomic mass is 35.5. The lowest BCUT2D eigenvalue weighted by molar-refractivity contribution is 0.353. The molecule has 0 radical (unpaired) electrons. The summed E-state index contributed by atoms with van der Waals surface area (Å²) in [6, 6.07) is 3.38. The number of rotatable bonds is 5. The summed E-state index contributed by atoms with van der Waals surface area (Å²) in [5, 5.41) is 0. The Balaban J connectivity index is 2.44. The van der Waals surface area contributed by atoms with Crippen molar-refractivity contribution in [3.05, 3.63) is 32.7 Å². The van der Waals surface area contributed by atoms with E-state index in [1.807, 2.05) is 0 Å². The van der Waals surface area contributed by atoms with Gasteiger partial charge in [0.2, 0.25) is 0 Å². The van der Waals surface area contributed by atoms with E-state index in [9.17, 15) is 12.8 Å². The van der Waals surface area contributed by atoms with Gasteiger partial charge in [-0.1, -0.05) is 23.2 Å². The van der Waals surface area contributed by atoms with Gasteiger partial charge < -0.3 is 9.47 Å². The van der Waals surface area contributed by atoms with Gasteiger partial charge in [-0.3, -0.25) is 4.72 Å². The third kappa shape index (κ3) is 3.40. The molecule has 10 heteroatoms. The molecule has 0 atom stereocenters. The van der Waals surface area contributed by atoms with Gasteiger partial charge >= 0.3 is 0 Å². The van der Waals surface area contributed by atoms with Gasteiger partial charge in [-0.25, -0.2) is 12.8 Å². The van der Waals surface area contributed by atoms with Crippen LogP contribution >= 0.6 is 34.5 Å². The standard InChI is InChI=1S/C12H10Cl2FNO4S2/c1-19-8-3-6(15)7(4-9(8)20-2)16-22(17,18)10-5-11(13)21-12(10)14/h3-5,16H,1-2H3. The molecule has 2 aromatic rings. The molecule has 1 N–H and O–H groups in total. The number of methoxy groups -OCH3 is 2. The Bertz CT molecular complexity index is 808. The fourth-order valence-corrected chi connectivity index (χ4v) is 4.85. The lowest BCUT2D eigenvalue weighted by Gasteiger charge is -2.12. The van der Waals surface area contributed by atoms with E-state index >= 15 is 0 Å². The van der Waals surface area contributed by atoms with Gasteiger partial charge in [-0.05, 0) is 6.07 Å². The predicted molar refractivity (Wildman–Crippen MR) is 84.7 cm³/mol. The van der Waals surface area contributed by atoms with Crippen molar-refractivity contribution in [3.8, 4) is 11.5 Å². The average Bonchev–Trinajstić information content (AvgIpc) is 2.80. The smallest absolute Gasteiger partial charge is 0.264 e. The van der Waals surface area contributed by atoms with E-state index < -0.39 is 15.8 Å². The molecule has 0 fully saturated rings. The number of benzene rings is 1. The van der Waals surface area contributed by atoms with Crippen LogP contribution in [0.5, 0.6) is 11.5 Å². The fraction of sp³-hybridized carbons (Fsp3) is 0.167. The van der Waals surface area contributed by atoms with Crippen LogP contribution < -0.4 is 14.2 Å². The van der Waals surface area contributed by atoms with E-state index in [0.717, 1.165) is 17.4 Å². The van der Waals surface area contributed by atoms with Crippen LogP contribution in [0.3, 0.4) is 0 Å². The Labute approximate surface area is 140 Å². The van der Waals surface area contributed by atoms with E-state index in [1.54, 1.807) is 0 Å². The van der Waals surface area contributed by atoms with Crippen LogP contribution in [-0.2, 0) is 10.0 Å². The van der Waals surface area contributed by atoms with E-state index in [-0.39, 0.29) is 30.8 Å². The molecule has 2 rings (SSSR count). The SMILES string of the molecule is COc1cc(F)c(NS(=O)(=O)c2cc(Cl)sc2Cl)cc1OC. The second-order valence-electron chi connectivity index (χ2n) is 3.98. The van der Waals surface area contributed by atoms with Gasteiger partial charge in [0.1, 0.15) is 9.23 Å². The summed E-state index contributed by atoms with van der Waals surface area (Å²) in [5.41, 5.74) is -0.295. The fourth-order valence-electron chi connectivity index (χ4n) is 1.64. The minimum Gasteiger partial charge on any atom is -0.493 e. The first-order valence-electron chi connectivity index (χ1n) is 5.67. The van der Waals surface area contributed by atoms with Crippen LogP contribution in [0.25, 0.3) is 0 Å². The molecule has 0 aliphatic carbocycles. The highest BCUT2D eigenvalue weighted by molar-refractivity contribution is 7.93. The largest absolute Gasteiger partial charge is 0.493 e. The number of thiophene rings is 1. The van der Waals surface area contributed by atoms with Crippen molar-refractivity contribution in [2.24, 2.45) is 0 Å². The third-order valence-corrected chi connectivity index (χ3v) is 5.75. The lowest BCUT2D eigenvalue weighted by Crippen LogP contribution is -2.14. The Hall–Kier alpha value is -1.22. The van der Waals surface area contributed by atoms with Crippen molar-refractivity contribution >= 4 is 50.2 Å². The molecule has 0 spiro atoms. The third-order valence-electron chi connectivity index (χ3n) is 2.63. The number of anilines is 1. The van der Waals surface area contributed by atoms with E-state index in [1.165, 1.54) is 26.4 Å². The molecule has 0 aliphatic heterocycles. The van der Waals surface area contributed by atoms with Gasteiger partial charge in [0, 0.05) is 12.1 Å². The van der Waals surface area contributed by atoms with Gasteiger partial charge in [-0.2, -0.15) is 0 Å². The Kier molecular flexibility index (Phi) is 5.06. The number of halogens is 3. The number of hydrogen-bond donors (Lipinski definition) is 1. The second-order valence-corrected chi connectivity index (χ2v) is 7.92. The van der Waals surface area contributed by atoms with E-state index in [4.69, 9.17) is 32.7 Å². The average molecular weight is 386 g/mol. The van der Waals surface area contributed by atoms with Crippen LogP contribution in [0.15, 0.2) is 23.1 Å². The predicted octanol–water partition coefficient (Wildman–Crippen LogP) is 4.01. The number of hydrogen-bond acceptors (Lipinski definition) is 5. The van der Waals surface area contributed by atoms with Gasteiger partial charge in [0.15, 0.2) is 17.3 Å². The van der Waals surface area contributed by atoms with E-state index in [0.29, 0.717) is 0 Å². The zero-order valence-electron chi connectivity index (χ0n) is 11.3. The quantitative estimate of drug-likeness (QED) is 0.844. The normalized spacial score (nSPS) is 11.3. The Morgan fingerprint density at radius 1 is 1.14 bits per heavy atom. The molecule has 1 heterocycles. The molecule has 120 valence electrons. The molecule has 0 saturated carbocycles. The first-order valence-corrected chi connectivity index (χ1v) is 8.73. The molecule has 22 heavy (non-hydrogen) atoms. The maximum absolute atomic E-state index is 14.0. The molecule has 0 unspecified atom stereocenters. The van der Waals surface area contributed by atoms with Crippen molar-refractivity contribution in [2.45, 2.75) is 4.90 Å². The van der Waals surface area contributed by atoms with Crippen LogP contribution in [0.4, 0.5) is 10.1 Å². The molecule has 1 aromatic carbocycles. The summed E-state index contributed by atoms with van der Waals surface area (Å²) in [5.74, 6) is -0.505. The van der Waals surface area contributed by atoms with Crippen molar-refractivity contribution in [3.63, 3.8) is 0 Å². The molecular formula is C12H10Cl2FNO4S2. The molecule has 5 nitrogen and oxygen atoms in total. The van der Waals surface area contributed by atoms with Crippen LogP contribution in [0.2, 0.25) is 8.67 Å². The van der Waals surface area contributed by atoms with Crippen molar-refractivity contribution in [1.29, 1.82) is 0 Å². The number of nitrogens with one attached hydrogen (secondary N) is 1. The highest BCUT2D eigenvalue weighted by Crippen LogP contribution is 2.37. The molecule has 0 bridgehead atoms. The maximum Gasteiger partial charge on any atom is 0.264 e. The summed E-state index contributed by atoms with van der Waals surface area (Å²) in [6.07, 6.45) is 0. The number of sulfonamides is 1. The Morgan fingerprint density at radius 3 is 2.23 bits per heavy atom. The molecule has 0 aliphatic rings. The zero-order chi connectivity index (χ0) is 16.5. The van der Waals surface area contributed by atoms with Gasteiger partial charge in [0.25, 0.3) is 10.0 Å². The molecule has 0 saturated heterocycles. The van der Waals surface area contributed by atoms with Gasteiger partial charge in [0.05, 0.1) is 24.2 Å². The van der Waals surface area contributed by atoms with Crippen LogP contribution in [0, 0.1) is 5.82 Å². The molecule has 0 amide bonds. The monoisotopic (exact) mass is 385 g/mol. The minimum atomic E-state index is -4.08. The molecular weight excluding hydrogens is 376 g/mol. The van der Waals surface area contributed by atoms with Crippen LogP contribution in [0.1, 0.15) is 0 Å². The summed E-state index contributed by atoms with van der Waals surface area (Å²) in [4.78, 5) is -0.224. The van der Waals surface area contributed by atoms with Crippen molar-refractivity contribution in [1.82, 2.24) is 0 Å². The zero-order valence-corrected chi connectivity index (χ0v) is 14.5. The second kappa shape index (κ2) is 6.49.